The van der Waals surface area contributed by atoms with E-state index < -0.39 is 35.8 Å². The van der Waals surface area contributed by atoms with Gasteiger partial charge in [-0.05, 0) is 42.0 Å². The molecule has 4 rings (SSSR count). The number of carbonyl (C=O) groups is 2. The van der Waals surface area contributed by atoms with Crippen molar-refractivity contribution in [1.29, 1.82) is 0 Å². The summed E-state index contributed by atoms with van der Waals surface area (Å²) in [5.41, 5.74) is 1.33. The first-order chi connectivity index (χ1) is 14.7. The minimum absolute atomic E-state index is 0.182. The molecule has 0 spiro atoms. The highest BCUT2D eigenvalue weighted by Crippen LogP contribution is 2.34. The predicted molar refractivity (Wildman–Crippen MR) is 102 cm³/mol. The number of rotatable bonds is 4. The Hall–Kier alpha value is -3.89. The van der Waals surface area contributed by atoms with E-state index in [0.717, 1.165) is 12.1 Å². The minimum atomic E-state index is -4.82. The van der Waals surface area contributed by atoms with E-state index in [0.29, 0.717) is 11.1 Å². The van der Waals surface area contributed by atoms with Crippen LogP contribution in [0.1, 0.15) is 12.5 Å². The van der Waals surface area contributed by atoms with Crippen LogP contribution in [0.2, 0.25) is 0 Å². The number of benzene rings is 2. The van der Waals surface area contributed by atoms with Gasteiger partial charge < -0.3 is 15.4 Å². The molecule has 2 amide bonds. The number of fused-ring (bicyclic) bond motifs is 1. The average molecular weight is 434 g/mol. The maximum absolute atomic E-state index is 13.2. The molecule has 0 bridgehead atoms. The summed E-state index contributed by atoms with van der Waals surface area (Å²) < 4.78 is 55.1. The van der Waals surface area contributed by atoms with Gasteiger partial charge >= 0.3 is 6.36 Å². The van der Waals surface area contributed by atoms with Crippen molar-refractivity contribution >= 4 is 23.3 Å². The summed E-state index contributed by atoms with van der Waals surface area (Å²) in [6, 6.07) is 9.20. The molecular weight excluding hydrogens is 420 g/mol. The normalized spacial score (nSPS) is 15.7. The number of hydrogen-bond acceptors (Lipinski definition) is 4. The van der Waals surface area contributed by atoms with Gasteiger partial charge in [0, 0.05) is 11.3 Å². The van der Waals surface area contributed by atoms with Crippen molar-refractivity contribution in [3.8, 4) is 16.9 Å². The van der Waals surface area contributed by atoms with Crippen LogP contribution < -0.4 is 15.4 Å². The highest BCUT2D eigenvalue weighted by molar-refractivity contribution is 6.03. The molecule has 160 valence electrons. The summed E-state index contributed by atoms with van der Waals surface area (Å²) in [6.07, 6.45) is -3.55. The Morgan fingerprint density at radius 2 is 1.81 bits per heavy atom. The van der Waals surface area contributed by atoms with Crippen molar-refractivity contribution in [2.75, 3.05) is 10.6 Å². The molecular formula is C20H14F4N4O3. The van der Waals surface area contributed by atoms with E-state index in [1.54, 1.807) is 0 Å². The van der Waals surface area contributed by atoms with Gasteiger partial charge in [-0.1, -0.05) is 12.1 Å². The van der Waals surface area contributed by atoms with Crippen LogP contribution in [0.4, 0.5) is 29.1 Å². The maximum atomic E-state index is 13.2. The second-order valence-corrected chi connectivity index (χ2v) is 6.69. The topological polar surface area (TPSA) is 85.2 Å². The first-order valence-electron chi connectivity index (χ1n) is 8.99. The van der Waals surface area contributed by atoms with Crippen molar-refractivity contribution < 1.29 is 31.9 Å². The first-order valence-corrected chi connectivity index (χ1v) is 8.99. The Bertz CT molecular complexity index is 1120. The smallest absolute Gasteiger partial charge is 0.406 e. The molecule has 0 unspecified atom stereocenters. The summed E-state index contributed by atoms with van der Waals surface area (Å²) in [5, 5.41) is 9.41. The number of alkyl halides is 3. The van der Waals surface area contributed by atoms with Crippen molar-refractivity contribution in [3.05, 3.63) is 60.5 Å². The molecule has 11 heteroatoms. The van der Waals surface area contributed by atoms with Crippen molar-refractivity contribution in [2.24, 2.45) is 0 Å². The Kier molecular flexibility index (Phi) is 5.09. The summed E-state index contributed by atoms with van der Waals surface area (Å²) >= 11 is 0. The quantitative estimate of drug-likeness (QED) is 0.606. The largest absolute Gasteiger partial charge is 0.573 e. The Morgan fingerprint density at radius 1 is 1.13 bits per heavy atom. The zero-order chi connectivity index (χ0) is 22.2. The molecule has 0 saturated carbocycles. The fourth-order valence-corrected chi connectivity index (χ4v) is 3.18. The third-order valence-electron chi connectivity index (χ3n) is 4.54. The molecule has 1 aromatic heterocycles. The van der Waals surface area contributed by atoms with Crippen molar-refractivity contribution in [1.82, 2.24) is 9.78 Å². The van der Waals surface area contributed by atoms with Gasteiger partial charge in [-0.15, -0.1) is 13.2 Å². The van der Waals surface area contributed by atoms with Gasteiger partial charge in [0.05, 0.1) is 12.6 Å². The van der Waals surface area contributed by atoms with Crippen LogP contribution >= 0.6 is 0 Å². The van der Waals surface area contributed by atoms with E-state index in [1.807, 2.05) is 0 Å². The molecule has 1 aliphatic heterocycles. The van der Waals surface area contributed by atoms with Gasteiger partial charge in [-0.2, -0.15) is 5.10 Å². The maximum Gasteiger partial charge on any atom is 0.573 e. The lowest BCUT2D eigenvalue weighted by molar-refractivity contribution is -0.274. The molecule has 1 aliphatic rings. The summed E-state index contributed by atoms with van der Waals surface area (Å²) in [4.78, 5) is 25.0. The van der Waals surface area contributed by atoms with Crippen molar-refractivity contribution in [3.63, 3.8) is 0 Å². The number of amides is 2. The molecule has 31 heavy (non-hydrogen) atoms. The van der Waals surface area contributed by atoms with E-state index in [2.05, 4.69) is 20.5 Å². The molecule has 2 N–H and O–H groups in total. The van der Waals surface area contributed by atoms with Crippen LogP contribution in [0.15, 0.2) is 54.7 Å². The minimum Gasteiger partial charge on any atom is -0.406 e. The number of nitrogens with zero attached hydrogens (tertiary/aromatic N) is 2. The van der Waals surface area contributed by atoms with E-state index in [4.69, 9.17) is 0 Å². The predicted octanol–water partition coefficient (Wildman–Crippen LogP) is 4.11. The van der Waals surface area contributed by atoms with Gasteiger partial charge in [0.2, 0.25) is 11.8 Å². The van der Waals surface area contributed by atoms with E-state index in [9.17, 15) is 27.2 Å². The van der Waals surface area contributed by atoms with Gasteiger partial charge in [-0.3, -0.25) is 9.59 Å². The molecule has 0 saturated heterocycles. The molecule has 2 aromatic carbocycles. The van der Waals surface area contributed by atoms with Crippen LogP contribution in [0, 0.1) is 5.82 Å². The number of halogens is 4. The van der Waals surface area contributed by atoms with Crippen molar-refractivity contribution in [2.45, 2.75) is 18.8 Å². The SMILES string of the molecule is O=C1C[C@H](C(=O)Nc2ccc(OC(F)(F)F)cc2)n2ncc(-c3ccc(F)cc3)c2N1. The van der Waals surface area contributed by atoms with E-state index in [-0.39, 0.29) is 17.9 Å². The fourth-order valence-electron chi connectivity index (χ4n) is 3.18. The molecule has 0 fully saturated rings. The number of nitrogens with one attached hydrogen (secondary N) is 2. The first kappa shape index (κ1) is 20.4. The lowest BCUT2D eigenvalue weighted by Gasteiger charge is -2.24. The van der Waals surface area contributed by atoms with Gasteiger partial charge in [-0.25, -0.2) is 9.07 Å². The number of aromatic nitrogens is 2. The van der Waals surface area contributed by atoms with Crippen LogP contribution in [0.25, 0.3) is 11.1 Å². The van der Waals surface area contributed by atoms with Gasteiger partial charge in [0.25, 0.3) is 0 Å². The van der Waals surface area contributed by atoms with Gasteiger partial charge in [0.1, 0.15) is 23.4 Å². The monoisotopic (exact) mass is 434 g/mol. The fraction of sp³-hybridized carbons (Fsp3) is 0.150. The lowest BCUT2D eigenvalue weighted by atomic mass is 10.1. The summed E-state index contributed by atoms with van der Waals surface area (Å²) in [7, 11) is 0. The Balaban J connectivity index is 1.55. The van der Waals surface area contributed by atoms with Crippen LogP contribution in [-0.4, -0.2) is 28.0 Å². The number of ether oxygens (including phenoxy) is 1. The zero-order valence-corrected chi connectivity index (χ0v) is 15.6. The highest BCUT2D eigenvalue weighted by atomic mass is 19.4. The van der Waals surface area contributed by atoms with E-state index >= 15 is 0 Å². The number of hydrogen-bond donors (Lipinski definition) is 2. The molecule has 7 nitrogen and oxygen atoms in total. The molecule has 1 atom stereocenters. The zero-order valence-electron chi connectivity index (χ0n) is 15.6. The third-order valence-corrected chi connectivity index (χ3v) is 4.54. The van der Waals surface area contributed by atoms with Crippen LogP contribution in [0.5, 0.6) is 5.75 Å². The Labute approximate surface area is 172 Å². The second kappa shape index (κ2) is 7.74. The standard InChI is InChI=1S/C20H14F4N4O3/c21-12-3-1-11(2-4-12)15-10-25-28-16(9-17(29)27-18(15)28)19(30)26-13-5-7-14(8-6-13)31-20(22,23)24/h1-8,10,16H,9H2,(H,26,30)(H,27,29)/t16-/m1/s1. The lowest BCUT2D eigenvalue weighted by Crippen LogP contribution is -2.35. The molecule has 2 heterocycles. The average Bonchev–Trinajstić information content (AvgIpc) is 3.12. The highest BCUT2D eigenvalue weighted by Gasteiger charge is 2.33. The molecule has 3 aromatic rings. The number of anilines is 2. The number of carbonyl (C=O) groups excluding carboxylic acids is 2. The molecule has 0 radical (unpaired) electrons. The summed E-state index contributed by atoms with van der Waals surface area (Å²) in [6.45, 7) is 0. The Morgan fingerprint density at radius 3 is 2.45 bits per heavy atom. The van der Waals surface area contributed by atoms with Crippen LogP contribution in [0.3, 0.4) is 0 Å². The second-order valence-electron chi connectivity index (χ2n) is 6.69. The van der Waals surface area contributed by atoms with E-state index in [1.165, 1.54) is 47.3 Å². The summed E-state index contributed by atoms with van der Waals surface area (Å²) in [5.74, 6) is -1.55. The third kappa shape index (κ3) is 4.49. The van der Waals surface area contributed by atoms with Gasteiger partial charge in [0.15, 0.2) is 0 Å². The molecule has 0 aliphatic carbocycles. The van der Waals surface area contributed by atoms with Crippen LogP contribution in [-0.2, 0) is 9.59 Å².